The predicted molar refractivity (Wildman–Crippen MR) is 111 cm³/mol. The first-order chi connectivity index (χ1) is 15.1. The number of benzene rings is 2. The van der Waals surface area contributed by atoms with E-state index in [1.807, 2.05) is 23.1 Å². The van der Waals surface area contributed by atoms with Gasteiger partial charge in [0, 0.05) is 51.4 Å². The molecule has 2 aromatic carbocycles. The number of ether oxygens (including phenoxy) is 2. The normalized spacial score (nSPS) is 21.1. The number of halogens is 1. The van der Waals surface area contributed by atoms with Crippen molar-refractivity contribution in [2.45, 2.75) is 13.0 Å². The lowest BCUT2D eigenvalue weighted by atomic mass is 10.1. The molecule has 0 aromatic heterocycles. The Bertz CT molecular complexity index is 989. The Kier molecular flexibility index (Phi) is 5.23. The highest BCUT2D eigenvalue weighted by molar-refractivity contribution is 6.00. The van der Waals surface area contributed by atoms with Crippen molar-refractivity contribution in [1.29, 1.82) is 0 Å². The maximum Gasteiger partial charge on any atom is 0.231 e. The predicted octanol–water partition coefficient (Wildman–Crippen LogP) is 2.25. The molecule has 7 nitrogen and oxygen atoms in total. The van der Waals surface area contributed by atoms with Gasteiger partial charge in [-0.05, 0) is 42.0 Å². The van der Waals surface area contributed by atoms with Crippen LogP contribution >= 0.6 is 0 Å². The summed E-state index contributed by atoms with van der Waals surface area (Å²) in [5.41, 5.74) is 1.79. The third-order valence-electron chi connectivity index (χ3n) is 6.14. The number of amides is 2. The number of hydrogen-bond acceptors (Lipinski definition) is 5. The van der Waals surface area contributed by atoms with Crippen molar-refractivity contribution in [3.63, 3.8) is 0 Å². The number of fused-ring (bicyclic) bond motifs is 1. The van der Waals surface area contributed by atoms with E-state index in [0.29, 0.717) is 25.3 Å². The first-order valence-corrected chi connectivity index (χ1v) is 10.5. The van der Waals surface area contributed by atoms with E-state index in [1.165, 1.54) is 12.1 Å². The van der Waals surface area contributed by atoms with Gasteiger partial charge in [0.05, 0.1) is 5.92 Å². The monoisotopic (exact) mass is 425 g/mol. The number of carbonyl (C=O) groups is 2. The lowest BCUT2D eigenvalue weighted by molar-refractivity contribution is -0.137. The summed E-state index contributed by atoms with van der Waals surface area (Å²) >= 11 is 0. The van der Waals surface area contributed by atoms with Gasteiger partial charge in [-0.15, -0.1) is 0 Å². The summed E-state index contributed by atoms with van der Waals surface area (Å²) in [5.74, 6) is 0.801. The van der Waals surface area contributed by atoms with Crippen LogP contribution in [0.25, 0.3) is 0 Å². The van der Waals surface area contributed by atoms with Crippen molar-refractivity contribution in [3.8, 4) is 11.5 Å². The van der Waals surface area contributed by atoms with Crippen molar-refractivity contribution in [2.24, 2.45) is 5.92 Å². The zero-order chi connectivity index (χ0) is 21.4. The van der Waals surface area contributed by atoms with Crippen molar-refractivity contribution >= 4 is 17.5 Å². The van der Waals surface area contributed by atoms with Gasteiger partial charge in [0.2, 0.25) is 18.6 Å². The molecule has 3 aliphatic heterocycles. The SMILES string of the molecule is O=C([C@H]1CC(=O)N(c2ccc(F)cc2)C1)N1CCN(Cc2ccc3c(c2)OCO3)CC1. The van der Waals surface area contributed by atoms with E-state index in [0.717, 1.165) is 36.7 Å². The first kappa shape index (κ1) is 19.8. The minimum Gasteiger partial charge on any atom is -0.454 e. The lowest BCUT2D eigenvalue weighted by Gasteiger charge is -2.36. The highest BCUT2D eigenvalue weighted by Gasteiger charge is 2.38. The highest BCUT2D eigenvalue weighted by Crippen LogP contribution is 2.33. The van der Waals surface area contributed by atoms with Crippen molar-refractivity contribution in [3.05, 3.63) is 53.8 Å². The van der Waals surface area contributed by atoms with Gasteiger partial charge < -0.3 is 19.3 Å². The van der Waals surface area contributed by atoms with Crippen LogP contribution in [0.5, 0.6) is 11.5 Å². The Balaban J connectivity index is 1.15. The van der Waals surface area contributed by atoms with Crippen LogP contribution < -0.4 is 14.4 Å². The van der Waals surface area contributed by atoms with Crippen LogP contribution in [0.3, 0.4) is 0 Å². The maximum atomic E-state index is 13.2. The fraction of sp³-hybridized carbons (Fsp3) is 0.391. The van der Waals surface area contributed by atoms with Gasteiger partial charge in [0.1, 0.15) is 5.82 Å². The fourth-order valence-corrected chi connectivity index (χ4v) is 4.43. The molecule has 2 amide bonds. The van der Waals surface area contributed by atoms with Crippen LogP contribution in [0.15, 0.2) is 42.5 Å². The van der Waals surface area contributed by atoms with Gasteiger partial charge in [0.25, 0.3) is 0 Å². The molecule has 0 N–H and O–H groups in total. The number of piperazine rings is 1. The molecule has 3 aliphatic rings. The smallest absolute Gasteiger partial charge is 0.231 e. The molecule has 0 bridgehead atoms. The molecule has 3 heterocycles. The number of hydrogen-bond donors (Lipinski definition) is 0. The lowest BCUT2D eigenvalue weighted by Crippen LogP contribution is -2.50. The molecule has 2 aromatic rings. The standard InChI is InChI=1S/C23H24FN3O4/c24-18-2-4-19(5-3-18)27-14-17(12-22(27)28)23(29)26-9-7-25(8-10-26)13-16-1-6-20-21(11-16)31-15-30-20/h1-6,11,17H,7-10,12-15H2/t17-/m0/s1. The van der Waals surface area contributed by atoms with E-state index in [2.05, 4.69) is 4.90 Å². The molecular formula is C23H24FN3O4. The fourth-order valence-electron chi connectivity index (χ4n) is 4.43. The molecule has 31 heavy (non-hydrogen) atoms. The van der Waals surface area contributed by atoms with Crippen LogP contribution in [0.1, 0.15) is 12.0 Å². The van der Waals surface area contributed by atoms with E-state index in [9.17, 15) is 14.0 Å². The molecule has 8 heteroatoms. The molecule has 1 atom stereocenters. The van der Waals surface area contributed by atoms with Crippen molar-refractivity contribution in [1.82, 2.24) is 9.80 Å². The summed E-state index contributed by atoms with van der Waals surface area (Å²) in [7, 11) is 0. The summed E-state index contributed by atoms with van der Waals surface area (Å²) < 4.78 is 24.0. The largest absolute Gasteiger partial charge is 0.454 e. The first-order valence-electron chi connectivity index (χ1n) is 10.5. The van der Waals surface area contributed by atoms with E-state index in [1.54, 1.807) is 17.0 Å². The molecule has 0 spiro atoms. The van der Waals surface area contributed by atoms with Crippen LogP contribution in [0.4, 0.5) is 10.1 Å². The van der Waals surface area contributed by atoms with Crippen LogP contribution in [-0.4, -0.2) is 61.1 Å². The Hall–Kier alpha value is -3.13. The molecule has 162 valence electrons. The zero-order valence-corrected chi connectivity index (χ0v) is 17.1. The number of rotatable bonds is 4. The minimum absolute atomic E-state index is 0.0284. The second-order valence-electron chi connectivity index (χ2n) is 8.17. The summed E-state index contributed by atoms with van der Waals surface area (Å²) in [6.45, 7) is 4.25. The van der Waals surface area contributed by atoms with Gasteiger partial charge in [-0.25, -0.2) is 4.39 Å². The third-order valence-corrected chi connectivity index (χ3v) is 6.14. The van der Waals surface area contributed by atoms with Crippen LogP contribution in [0.2, 0.25) is 0 Å². The van der Waals surface area contributed by atoms with Crippen LogP contribution in [0, 0.1) is 11.7 Å². The van der Waals surface area contributed by atoms with Crippen molar-refractivity contribution < 1.29 is 23.5 Å². The average Bonchev–Trinajstić information content (AvgIpc) is 3.40. The number of anilines is 1. The average molecular weight is 425 g/mol. The minimum atomic E-state index is -0.349. The summed E-state index contributed by atoms with van der Waals surface area (Å²) in [6, 6.07) is 11.8. The molecule has 0 unspecified atom stereocenters. The summed E-state index contributed by atoms with van der Waals surface area (Å²) in [4.78, 5) is 31.2. The van der Waals surface area contributed by atoms with E-state index in [-0.39, 0.29) is 36.8 Å². The van der Waals surface area contributed by atoms with Gasteiger partial charge >= 0.3 is 0 Å². The second kappa shape index (κ2) is 8.19. The Labute approximate surface area is 179 Å². The third kappa shape index (κ3) is 4.07. The van der Waals surface area contributed by atoms with E-state index < -0.39 is 0 Å². The molecule has 2 saturated heterocycles. The number of nitrogens with zero attached hydrogens (tertiary/aromatic N) is 3. The summed E-state index contributed by atoms with van der Waals surface area (Å²) in [6.07, 6.45) is 0.202. The Morgan fingerprint density at radius 2 is 1.74 bits per heavy atom. The molecule has 2 fully saturated rings. The Morgan fingerprint density at radius 1 is 1.00 bits per heavy atom. The topological polar surface area (TPSA) is 62.3 Å². The molecule has 0 saturated carbocycles. The highest BCUT2D eigenvalue weighted by atomic mass is 19.1. The van der Waals surface area contributed by atoms with Crippen molar-refractivity contribution in [2.75, 3.05) is 44.4 Å². The van der Waals surface area contributed by atoms with Gasteiger partial charge in [-0.3, -0.25) is 14.5 Å². The number of carbonyl (C=O) groups excluding carboxylic acids is 2. The van der Waals surface area contributed by atoms with Gasteiger partial charge in [-0.2, -0.15) is 0 Å². The van der Waals surface area contributed by atoms with E-state index >= 15 is 0 Å². The molecular weight excluding hydrogens is 401 g/mol. The van der Waals surface area contributed by atoms with Gasteiger partial charge in [0.15, 0.2) is 11.5 Å². The van der Waals surface area contributed by atoms with Gasteiger partial charge in [-0.1, -0.05) is 6.07 Å². The van der Waals surface area contributed by atoms with E-state index in [4.69, 9.17) is 9.47 Å². The summed E-state index contributed by atoms with van der Waals surface area (Å²) in [5, 5.41) is 0. The maximum absolute atomic E-state index is 13.2. The molecule has 0 aliphatic carbocycles. The van der Waals surface area contributed by atoms with Crippen LogP contribution in [-0.2, 0) is 16.1 Å². The second-order valence-corrected chi connectivity index (χ2v) is 8.17. The molecule has 5 rings (SSSR count). The quantitative estimate of drug-likeness (QED) is 0.752. The zero-order valence-electron chi connectivity index (χ0n) is 17.1. The molecule has 0 radical (unpaired) electrons. The Morgan fingerprint density at radius 3 is 2.52 bits per heavy atom.